The van der Waals surface area contributed by atoms with Crippen LogP contribution in [0.4, 0.5) is 0 Å². The zero-order valence-corrected chi connectivity index (χ0v) is 24.1. The summed E-state index contributed by atoms with van der Waals surface area (Å²) in [5, 5.41) is -0.725. The van der Waals surface area contributed by atoms with Crippen molar-refractivity contribution in [2.75, 3.05) is 5.75 Å². The van der Waals surface area contributed by atoms with Gasteiger partial charge >= 0.3 is 11.9 Å². The summed E-state index contributed by atoms with van der Waals surface area (Å²) in [4.78, 5) is 23.4. The van der Waals surface area contributed by atoms with E-state index in [1.54, 1.807) is 0 Å². The average Bonchev–Trinajstić information content (AvgIpc) is 3.22. The number of hydrogen-bond donors (Lipinski definition) is 0. The second kappa shape index (κ2) is 10.3. The molecule has 0 spiro atoms. The lowest BCUT2D eigenvalue weighted by Crippen LogP contribution is -2.36. The van der Waals surface area contributed by atoms with Crippen LogP contribution in [0.2, 0.25) is 0 Å². The molecular formula is C27H37IO6S. The van der Waals surface area contributed by atoms with Gasteiger partial charge in [0.05, 0.1) is 5.75 Å². The minimum atomic E-state index is -3.47. The van der Waals surface area contributed by atoms with Gasteiger partial charge in [-0.2, -0.15) is 0 Å². The quantitative estimate of drug-likeness (QED) is 0.232. The maximum Gasteiger partial charge on any atom is 0.303 e. The van der Waals surface area contributed by atoms with E-state index in [0.717, 1.165) is 31.3 Å². The number of halogens is 1. The molecule has 0 saturated heterocycles. The number of fused-ring (bicyclic) bond motifs is 1. The molecule has 0 aromatic carbocycles. The highest BCUT2D eigenvalue weighted by Gasteiger charge is 2.52. The summed E-state index contributed by atoms with van der Waals surface area (Å²) in [6.07, 6.45) is 9.29. The van der Waals surface area contributed by atoms with E-state index in [4.69, 9.17) is 9.47 Å². The second-order valence-electron chi connectivity index (χ2n) is 11.1. The summed E-state index contributed by atoms with van der Waals surface area (Å²) in [5.74, 6) is 0.518. The third kappa shape index (κ3) is 5.29. The first-order valence-corrected chi connectivity index (χ1v) is 15.7. The van der Waals surface area contributed by atoms with Crippen molar-refractivity contribution >= 4 is 44.4 Å². The number of allylic oxidation sites excluding steroid dienone is 2. The zero-order chi connectivity index (χ0) is 25.5. The highest BCUT2D eigenvalue weighted by molar-refractivity contribution is 14.1. The van der Waals surface area contributed by atoms with Gasteiger partial charge in [0, 0.05) is 26.7 Å². The molecule has 2 fully saturated rings. The third-order valence-corrected chi connectivity index (χ3v) is 11.2. The molecule has 0 bridgehead atoms. The van der Waals surface area contributed by atoms with E-state index in [1.807, 2.05) is 6.08 Å². The molecule has 0 amide bonds. The molecule has 35 heavy (non-hydrogen) atoms. The fraction of sp³-hybridized carbons (Fsp3) is 0.704. The molecule has 1 aliphatic heterocycles. The van der Waals surface area contributed by atoms with E-state index < -0.39 is 39.2 Å². The van der Waals surface area contributed by atoms with Gasteiger partial charge in [0.25, 0.3) is 0 Å². The SMILES string of the molecule is CC(=O)O[C@@H]1CC2=C(CS(=O)(=O)C2/C=C2\CCC[C@]3(C)[C@@H]([C@H](C)/C=C\I)CC[C@@H]23)[C@@H](OC(C)=O)C1. The summed E-state index contributed by atoms with van der Waals surface area (Å²) in [6.45, 7) is 7.38. The molecule has 6 nitrogen and oxygen atoms in total. The molecule has 0 N–H and O–H groups in total. The van der Waals surface area contributed by atoms with Crippen LogP contribution in [0, 0.1) is 23.2 Å². The first-order valence-electron chi connectivity index (χ1n) is 12.7. The topological polar surface area (TPSA) is 86.7 Å². The van der Waals surface area contributed by atoms with Crippen LogP contribution in [0.25, 0.3) is 0 Å². The maximum absolute atomic E-state index is 13.4. The first kappa shape index (κ1) is 26.9. The fourth-order valence-corrected chi connectivity index (χ4v) is 10.2. The Bertz CT molecular complexity index is 1070. The van der Waals surface area contributed by atoms with E-state index in [-0.39, 0.29) is 11.2 Å². The molecule has 1 heterocycles. The summed E-state index contributed by atoms with van der Waals surface area (Å²) >= 11 is 2.29. The predicted molar refractivity (Wildman–Crippen MR) is 144 cm³/mol. The Morgan fingerprint density at radius 3 is 2.51 bits per heavy atom. The molecular weight excluding hydrogens is 579 g/mol. The maximum atomic E-state index is 13.4. The monoisotopic (exact) mass is 616 g/mol. The standard InChI is InChI=1S/C27H37IO6S/c1-16(9-11-28)23-7-8-24-19(6-5-10-27(23,24)4)12-26-21-13-20(33-17(2)29)14-25(34-18(3)30)22(21)15-35(26,31)32/h9,11-12,16,20,23-26H,5-8,10,13-15H2,1-4H3/b11-9-,19-12+/t16-,20-,23-,24+,25+,26?,27-/m1/s1. The van der Waals surface area contributed by atoms with Crippen molar-refractivity contribution < 1.29 is 27.5 Å². The lowest BCUT2D eigenvalue weighted by atomic mass is 9.61. The summed E-state index contributed by atoms with van der Waals surface area (Å²) < 4.78 is 40.0. The Balaban J connectivity index is 1.69. The number of sulfone groups is 1. The molecule has 7 atom stereocenters. The zero-order valence-electron chi connectivity index (χ0n) is 21.1. The number of ether oxygens (including phenoxy) is 2. The van der Waals surface area contributed by atoms with Crippen LogP contribution >= 0.6 is 22.6 Å². The largest absolute Gasteiger partial charge is 0.462 e. The van der Waals surface area contributed by atoms with Crippen LogP contribution < -0.4 is 0 Å². The van der Waals surface area contributed by atoms with E-state index in [0.29, 0.717) is 36.2 Å². The van der Waals surface area contributed by atoms with Gasteiger partial charge in [-0.3, -0.25) is 9.59 Å². The Kier molecular flexibility index (Phi) is 7.92. The normalized spacial score (nSPS) is 38.3. The van der Waals surface area contributed by atoms with Gasteiger partial charge in [-0.1, -0.05) is 54.2 Å². The van der Waals surface area contributed by atoms with Crippen molar-refractivity contribution in [1.82, 2.24) is 0 Å². The molecule has 0 radical (unpaired) electrons. The molecule has 0 aromatic heterocycles. The van der Waals surface area contributed by atoms with E-state index >= 15 is 0 Å². The fourth-order valence-electron chi connectivity index (χ4n) is 7.49. The van der Waals surface area contributed by atoms with Gasteiger partial charge in [0.1, 0.15) is 17.5 Å². The Hall–Kier alpha value is -1.16. The number of esters is 2. The summed E-state index contributed by atoms with van der Waals surface area (Å²) in [7, 11) is -3.47. The van der Waals surface area contributed by atoms with Crippen molar-refractivity contribution in [2.24, 2.45) is 23.2 Å². The van der Waals surface area contributed by atoms with Gasteiger partial charge in [-0.25, -0.2) is 8.42 Å². The number of hydrogen-bond acceptors (Lipinski definition) is 6. The van der Waals surface area contributed by atoms with Crippen molar-refractivity contribution in [1.29, 1.82) is 0 Å². The van der Waals surface area contributed by atoms with Gasteiger partial charge in [0.15, 0.2) is 9.84 Å². The predicted octanol–water partition coefficient (Wildman–Crippen LogP) is 5.46. The molecule has 3 aliphatic carbocycles. The molecule has 2 saturated carbocycles. The van der Waals surface area contributed by atoms with Crippen LogP contribution in [-0.4, -0.2) is 43.6 Å². The Labute approximate surface area is 223 Å². The van der Waals surface area contributed by atoms with E-state index in [1.165, 1.54) is 25.8 Å². The highest BCUT2D eigenvalue weighted by Crippen LogP contribution is 2.60. The van der Waals surface area contributed by atoms with Crippen molar-refractivity contribution in [3.63, 3.8) is 0 Å². The lowest BCUT2D eigenvalue weighted by molar-refractivity contribution is -0.151. The Morgan fingerprint density at radius 1 is 1.14 bits per heavy atom. The van der Waals surface area contributed by atoms with Crippen molar-refractivity contribution in [2.45, 2.75) is 90.1 Å². The van der Waals surface area contributed by atoms with Gasteiger partial charge in [0.2, 0.25) is 0 Å². The minimum absolute atomic E-state index is 0.0937. The third-order valence-electron chi connectivity index (χ3n) is 8.87. The minimum Gasteiger partial charge on any atom is -0.462 e. The average molecular weight is 617 g/mol. The molecule has 4 rings (SSSR count). The van der Waals surface area contributed by atoms with Crippen LogP contribution in [-0.2, 0) is 28.9 Å². The molecule has 0 aromatic rings. The van der Waals surface area contributed by atoms with Crippen LogP contribution in [0.1, 0.15) is 72.6 Å². The molecule has 8 heteroatoms. The van der Waals surface area contributed by atoms with Crippen molar-refractivity contribution in [3.05, 3.63) is 33.0 Å². The first-order chi connectivity index (χ1) is 16.5. The van der Waals surface area contributed by atoms with Crippen molar-refractivity contribution in [3.8, 4) is 0 Å². The summed E-state index contributed by atoms with van der Waals surface area (Å²) in [6, 6.07) is 0. The van der Waals surface area contributed by atoms with Gasteiger partial charge in [-0.15, -0.1) is 0 Å². The second-order valence-corrected chi connectivity index (χ2v) is 13.9. The van der Waals surface area contributed by atoms with Crippen LogP contribution in [0.15, 0.2) is 33.0 Å². The van der Waals surface area contributed by atoms with Gasteiger partial charge < -0.3 is 9.47 Å². The summed E-state index contributed by atoms with van der Waals surface area (Å²) in [5.41, 5.74) is 2.90. The van der Waals surface area contributed by atoms with Crippen LogP contribution in [0.5, 0.6) is 0 Å². The molecule has 194 valence electrons. The van der Waals surface area contributed by atoms with E-state index in [9.17, 15) is 18.0 Å². The number of carbonyl (C=O) groups is 2. The van der Waals surface area contributed by atoms with Crippen LogP contribution in [0.3, 0.4) is 0 Å². The highest BCUT2D eigenvalue weighted by atomic mass is 127. The van der Waals surface area contributed by atoms with E-state index in [2.05, 4.69) is 46.6 Å². The smallest absolute Gasteiger partial charge is 0.303 e. The molecule has 4 aliphatic rings. The number of rotatable bonds is 5. The molecule has 1 unspecified atom stereocenters. The number of carbonyl (C=O) groups excluding carboxylic acids is 2. The Morgan fingerprint density at radius 2 is 1.86 bits per heavy atom. The lowest BCUT2D eigenvalue weighted by Gasteiger charge is -2.44. The van der Waals surface area contributed by atoms with Gasteiger partial charge in [-0.05, 0) is 70.5 Å².